The lowest BCUT2D eigenvalue weighted by atomic mass is 10.0. The van der Waals surface area contributed by atoms with Crippen molar-refractivity contribution in [2.75, 3.05) is 6.61 Å². The van der Waals surface area contributed by atoms with Gasteiger partial charge in [-0.1, -0.05) is 12.1 Å². The molecular weight excluding hydrogens is 479 g/mol. The van der Waals surface area contributed by atoms with Crippen LogP contribution in [0.2, 0.25) is 0 Å². The number of nitriles is 1. The Morgan fingerprint density at radius 2 is 1.94 bits per heavy atom. The molecule has 0 spiro atoms. The fourth-order valence-corrected chi connectivity index (χ4v) is 3.54. The number of nitrogens with zero attached hydrogens (tertiary/aromatic N) is 2. The summed E-state index contributed by atoms with van der Waals surface area (Å²) in [4.78, 5) is 10.4. The van der Waals surface area contributed by atoms with Gasteiger partial charge in [-0.15, -0.1) is 0 Å². The first-order valence-corrected chi connectivity index (χ1v) is 10.4. The van der Waals surface area contributed by atoms with Crippen molar-refractivity contribution in [3.8, 4) is 17.6 Å². The number of non-ortho nitro benzene ring substituents is 1. The van der Waals surface area contributed by atoms with Gasteiger partial charge >= 0.3 is 0 Å². The van der Waals surface area contributed by atoms with Crippen molar-refractivity contribution in [1.82, 2.24) is 0 Å². The monoisotopic (exact) mass is 496 g/mol. The summed E-state index contributed by atoms with van der Waals surface area (Å²) in [5.41, 5.74) is 2.19. The second kappa shape index (κ2) is 10.6. The van der Waals surface area contributed by atoms with E-state index in [9.17, 15) is 19.8 Å². The predicted molar refractivity (Wildman–Crippen MR) is 123 cm³/mol. The first kappa shape index (κ1) is 23.0. The van der Waals surface area contributed by atoms with Gasteiger partial charge in [0.2, 0.25) is 0 Å². The zero-order valence-electron chi connectivity index (χ0n) is 17.0. The Bertz CT molecular complexity index is 1200. The molecule has 0 radical (unpaired) electrons. The largest absolute Gasteiger partial charge is 0.490 e. The minimum Gasteiger partial charge on any atom is -0.490 e. The van der Waals surface area contributed by atoms with E-state index >= 15 is 0 Å². The SMILES string of the molecule is CCOc1cc(/C=C(/C#N)c2ccc([N+](=O)[O-])cc2)cc(Br)c1OCc1cccc(F)c1. The average Bonchev–Trinajstić information content (AvgIpc) is 2.77. The summed E-state index contributed by atoms with van der Waals surface area (Å²) in [7, 11) is 0. The number of halogens is 2. The van der Waals surface area contributed by atoms with Gasteiger partial charge in [0.1, 0.15) is 12.4 Å². The number of nitro benzene ring substituents is 1. The molecule has 3 aromatic carbocycles. The summed E-state index contributed by atoms with van der Waals surface area (Å²) in [6.45, 7) is 2.38. The average molecular weight is 497 g/mol. The molecule has 0 aliphatic rings. The third-order valence-electron chi connectivity index (χ3n) is 4.42. The zero-order chi connectivity index (χ0) is 23.1. The molecule has 0 N–H and O–H groups in total. The molecule has 0 fully saturated rings. The van der Waals surface area contributed by atoms with E-state index in [4.69, 9.17) is 9.47 Å². The van der Waals surface area contributed by atoms with Gasteiger partial charge < -0.3 is 9.47 Å². The Morgan fingerprint density at radius 1 is 1.19 bits per heavy atom. The molecule has 0 aromatic heterocycles. The van der Waals surface area contributed by atoms with E-state index in [1.807, 2.05) is 6.92 Å². The maximum Gasteiger partial charge on any atom is 0.269 e. The Balaban J connectivity index is 1.91. The molecule has 0 unspecified atom stereocenters. The number of nitro groups is 1. The standard InChI is InChI=1S/C24H18BrFN2O4/c1-2-31-23-13-17(10-19(14-27)18-6-8-21(9-7-18)28(29)30)12-22(25)24(23)32-15-16-4-3-5-20(26)11-16/h3-13H,2,15H2,1H3/b19-10-. The lowest BCUT2D eigenvalue weighted by molar-refractivity contribution is -0.384. The van der Waals surface area contributed by atoms with Gasteiger partial charge in [0.25, 0.3) is 5.69 Å². The molecule has 0 saturated carbocycles. The third-order valence-corrected chi connectivity index (χ3v) is 5.01. The topological polar surface area (TPSA) is 85.4 Å². The Morgan fingerprint density at radius 3 is 2.56 bits per heavy atom. The number of ether oxygens (including phenoxy) is 2. The van der Waals surface area contributed by atoms with Crippen LogP contribution in [0, 0.1) is 27.3 Å². The van der Waals surface area contributed by atoms with Crippen molar-refractivity contribution in [2.45, 2.75) is 13.5 Å². The minimum absolute atomic E-state index is 0.0489. The van der Waals surface area contributed by atoms with Gasteiger partial charge in [-0.3, -0.25) is 10.1 Å². The molecule has 0 atom stereocenters. The molecule has 0 bridgehead atoms. The molecule has 0 amide bonds. The molecule has 6 nitrogen and oxygen atoms in total. The summed E-state index contributed by atoms with van der Waals surface area (Å²) in [5.74, 6) is 0.582. The lowest BCUT2D eigenvalue weighted by Gasteiger charge is -2.15. The van der Waals surface area contributed by atoms with Crippen molar-refractivity contribution in [2.24, 2.45) is 0 Å². The van der Waals surface area contributed by atoms with Gasteiger partial charge in [0.05, 0.1) is 27.6 Å². The van der Waals surface area contributed by atoms with Crippen LogP contribution in [0.25, 0.3) is 11.6 Å². The fraction of sp³-hybridized carbons (Fsp3) is 0.125. The van der Waals surface area contributed by atoms with Crippen LogP contribution in [0.1, 0.15) is 23.6 Å². The summed E-state index contributed by atoms with van der Waals surface area (Å²) >= 11 is 3.48. The molecule has 0 aliphatic heterocycles. The van der Waals surface area contributed by atoms with Gasteiger partial charge in [0, 0.05) is 12.1 Å². The van der Waals surface area contributed by atoms with E-state index in [0.717, 1.165) is 0 Å². The summed E-state index contributed by atoms with van der Waals surface area (Å²) in [5, 5.41) is 20.4. The van der Waals surface area contributed by atoms with Crippen LogP contribution in [0.3, 0.4) is 0 Å². The van der Waals surface area contributed by atoms with Crippen molar-refractivity contribution in [3.63, 3.8) is 0 Å². The smallest absolute Gasteiger partial charge is 0.269 e. The van der Waals surface area contributed by atoms with Gasteiger partial charge in [-0.05, 0) is 82.0 Å². The molecule has 32 heavy (non-hydrogen) atoms. The first-order valence-electron chi connectivity index (χ1n) is 9.61. The van der Waals surface area contributed by atoms with Crippen LogP contribution in [0.4, 0.5) is 10.1 Å². The number of benzene rings is 3. The Labute approximate surface area is 192 Å². The maximum absolute atomic E-state index is 13.4. The number of hydrogen-bond donors (Lipinski definition) is 0. The number of rotatable bonds is 8. The van der Waals surface area contributed by atoms with Crippen LogP contribution in [0.15, 0.2) is 65.1 Å². The van der Waals surface area contributed by atoms with Gasteiger partial charge in [0.15, 0.2) is 11.5 Å². The van der Waals surface area contributed by atoms with Crippen LogP contribution in [-0.2, 0) is 6.61 Å². The molecular formula is C24H18BrFN2O4. The molecule has 3 rings (SSSR count). The highest BCUT2D eigenvalue weighted by atomic mass is 79.9. The van der Waals surface area contributed by atoms with Crippen LogP contribution in [-0.4, -0.2) is 11.5 Å². The highest BCUT2D eigenvalue weighted by Gasteiger charge is 2.14. The van der Waals surface area contributed by atoms with Gasteiger partial charge in [-0.2, -0.15) is 5.26 Å². The first-order chi connectivity index (χ1) is 15.4. The zero-order valence-corrected chi connectivity index (χ0v) is 18.6. The maximum atomic E-state index is 13.4. The van der Waals surface area contributed by atoms with Crippen LogP contribution in [0.5, 0.6) is 11.5 Å². The molecule has 8 heteroatoms. The highest BCUT2D eigenvalue weighted by molar-refractivity contribution is 9.10. The van der Waals surface area contributed by atoms with E-state index < -0.39 is 4.92 Å². The number of allylic oxidation sites excluding steroid dienone is 1. The van der Waals surface area contributed by atoms with Crippen molar-refractivity contribution in [1.29, 1.82) is 5.26 Å². The molecule has 0 heterocycles. The predicted octanol–water partition coefficient (Wildman–Crippen LogP) is 6.54. The van der Waals surface area contributed by atoms with E-state index in [-0.39, 0.29) is 18.1 Å². The van der Waals surface area contributed by atoms with Crippen molar-refractivity contribution in [3.05, 3.63) is 97.8 Å². The van der Waals surface area contributed by atoms with E-state index in [1.54, 1.807) is 30.3 Å². The third kappa shape index (κ3) is 5.71. The lowest BCUT2D eigenvalue weighted by Crippen LogP contribution is -2.01. The summed E-state index contributed by atoms with van der Waals surface area (Å²) in [6, 6.07) is 17.5. The summed E-state index contributed by atoms with van der Waals surface area (Å²) in [6.07, 6.45) is 1.66. The molecule has 0 saturated heterocycles. The van der Waals surface area contributed by atoms with Gasteiger partial charge in [-0.25, -0.2) is 4.39 Å². The van der Waals surface area contributed by atoms with E-state index in [1.165, 1.54) is 36.4 Å². The fourth-order valence-electron chi connectivity index (χ4n) is 2.97. The van der Waals surface area contributed by atoms with Crippen LogP contribution >= 0.6 is 15.9 Å². The molecule has 0 aliphatic carbocycles. The van der Waals surface area contributed by atoms with Crippen LogP contribution < -0.4 is 9.47 Å². The highest BCUT2D eigenvalue weighted by Crippen LogP contribution is 2.38. The quantitative estimate of drug-likeness (QED) is 0.153. The molecule has 3 aromatic rings. The van der Waals surface area contributed by atoms with E-state index in [0.29, 0.717) is 44.8 Å². The van der Waals surface area contributed by atoms with Crippen molar-refractivity contribution >= 4 is 33.3 Å². The normalized spacial score (nSPS) is 11.0. The minimum atomic E-state index is -0.492. The Kier molecular flexibility index (Phi) is 7.58. The second-order valence-corrected chi connectivity index (χ2v) is 7.51. The second-order valence-electron chi connectivity index (χ2n) is 6.66. The Hall–Kier alpha value is -3.70. The van der Waals surface area contributed by atoms with Crippen molar-refractivity contribution < 1.29 is 18.8 Å². The summed E-state index contributed by atoms with van der Waals surface area (Å²) < 4.78 is 25.6. The molecule has 162 valence electrons. The van der Waals surface area contributed by atoms with E-state index in [2.05, 4.69) is 22.0 Å². The number of hydrogen-bond acceptors (Lipinski definition) is 5.